The van der Waals surface area contributed by atoms with Crippen LogP contribution in [0.2, 0.25) is 10.0 Å². The number of nitrogens with zero attached hydrogens (tertiary/aromatic N) is 5. The number of hydrogen-bond donors (Lipinski definition) is 1. The molecule has 1 amide bonds. The van der Waals surface area contributed by atoms with Crippen LogP contribution in [-0.2, 0) is 6.54 Å². The number of carbonyl (C=O) groups is 1. The molecule has 1 aromatic carbocycles. The maximum absolute atomic E-state index is 12.8. The van der Waals surface area contributed by atoms with Gasteiger partial charge in [-0.15, -0.1) is 22.7 Å². The lowest BCUT2D eigenvalue weighted by Gasteiger charge is -2.34. The number of piperazine rings is 1. The fourth-order valence-electron chi connectivity index (χ4n) is 3.72. The summed E-state index contributed by atoms with van der Waals surface area (Å²) >= 11 is 15.3. The third kappa shape index (κ3) is 4.63. The number of amides is 1. The number of nitrogens with one attached hydrogen (secondary N) is 1. The smallest absolute Gasteiger partial charge is 0.265 e. The number of fused-ring (bicyclic) bond motifs is 1. The highest BCUT2D eigenvalue weighted by atomic mass is 35.5. The van der Waals surface area contributed by atoms with E-state index in [2.05, 4.69) is 15.2 Å². The largest absolute Gasteiger partial charge is 0.365 e. The molecule has 1 N–H and O–H groups in total. The Morgan fingerprint density at radius 3 is 2.67 bits per heavy atom. The highest BCUT2D eigenvalue weighted by Gasteiger charge is 2.26. The predicted molar refractivity (Wildman–Crippen MR) is 136 cm³/mol. The minimum absolute atomic E-state index is 0.0473. The molecule has 0 aliphatic carbocycles. The first kappa shape index (κ1) is 22.3. The average Bonchev–Trinajstić information content (AvgIpc) is 3.47. The molecule has 7 nitrogen and oxygen atoms in total. The molecular weight excluding hydrogens is 499 g/mol. The van der Waals surface area contributed by atoms with Gasteiger partial charge >= 0.3 is 0 Å². The second-order valence-electron chi connectivity index (χ2n) is 7.64. The summed E-state index contributed by atoms with van der Waals surface area (Å²) in [7, 11) is 0. The normalized spacial score (nSPS) is 14.2. The molecule has 1 aliphatic heterocycles. The molecule has 4 aromatic rings. The highest BCUT2D eigenvalue weighted by molar-refractivity contribution is 7.17. The predicted octanol–water partition coefficient (Wildman–Crippen LogP) is 5.34. The van der Waals surface area contributed by atoms with Crippen molar-refractivity contribution in [2.24, 2.45) is 0 Å². The van der Waals surface area contributed by atoms with Crippen LogP contribution in [0.1, 0.15) is 20.9 Å². The summed E-state index contributed by atoms with van der Waals surface area (Å²) in [5, 5.41) is 6.65. The third-order valence-corrected chi connectivity index (χ3v) is 7.96. The number of anilines is 2. The van der Waals surface area contributed by atoms with Crippen LogP contribution in [0.3, 0.4) is 0 Å². The van der Waals surface area contributed by atoms with Crippen LogP contribution < -0.4 is 10.2 Å². The maximum Gasteiger partial charge on any atom is 0.265 e. The average molecular weight is 519 g/mol. The number of halogens is 2. The van der Waals surface area contributed by atoms with Crippen molar-refractivity contribution < 1.29 is 4.79 Å². The van der Waals surface area contributed by atoms with Gasteiger partial charge in [0.05, 0.1) is 21.4 Å². The van der Waals surface area contributed by atoms with Crippen molar-refractivity contribution in [2.45, 2.75) is 13.5 Å². The van der Waals surface area contributed by atoms with E-state index in [-0.39, 0.29) is 5.91 Å². The summed E-state index contributed by atoms with van der Waals surface area (Å²) < 4.78 is 0.998. The molecule has 0 atom stereocenters. The minimum Gasteiger partial charge on any atom is -0.365 e. The molecule has 1 saturated heterocycles. The Bertz CT molecular complexity index is 1320. The monoisotopic (exact) mass is 518 g/mol. The van der Waals surface area contributed by atoms with Crippen LogP contribution in [0.4, 0.5) is 11.8 Å². The molecule has 0 unspecified atom stereocenters. The van der Waals surface area contributed by atoms with Crippen LogP contribution in [0.25, 0.3) is 10.2 Å². The van der Waals surface area contributed by atoms with E-state index in [4.69, 9.17) is 33.2 Å². The van der Waals surface area contributed by atoms with Gasteiger partial charge in [0.2, 0.25) is 5.95 Å². The van der Waals surface area contributed by atoms with Crippen LogP contribution in [0, 0.1) is 6.92 Å². The highest BCUT2D eigenvalue weighted by Crippen LogP contribution is 2.30. The Morgan fingerprint density at radius 2 is 1.94 bits per heavy atom. The zero-order chi connectivity index (χ0) is 22.9. The van der Waals surface area contributed by atoms with Crippen molar-refractivity contribution in [2.75, 3.05) is 36.4 Å². The molecular formula is C22H20Cl2N6OS2. The van der Waals surface area contributed by atoms with Gasteiger partial charge in [0.15, 0.2) is 0 Å². The number of benzene rings is 1. The van der Waals surface area contributed by atoms with E-state index >= 15 is 0 Å². The zero-order valence-corrected chi connectivity index (χ0v) is 20.9. The number of rotatable bonds is 5. The number of carbonyl (C=O) groups excluding carboxylic acids is 1. The van der Waals surface area contributed by atoms with Crippen molar-refractivity contribution >= 4 is 73.8 Å². The molecule has 1 fully saturated rings. The van der Waals surface area contributed by atoms with E-state index in [9.17, 15) is 4.79 Å². The molecule has 33 heavy (non-hydrogen) atoms. The molecule has 0 bridgehead atoms. The zero-order valence-electron chi connectivity index (χ0n) is 17.7. The van der Waals surface area contributed by atoms with Crippen molar-refractivity contribution in [3.63, 3.8) is 0 Å². The van der Waals surface area contributed by atoms with Gasteiger partial charge in [-0.25, -0.2) is 9.97 Å². The summed E-state index contributed by atoms with van der Waals surface area (Å²) in [6.07, 6.45) is 0. The lowest BCUT2D eigenvalue weighted by molar-refractivity contribution is 0.0750. The Labute approximate surface area is 209 Å². The van der Waals surface area contributed by atoms with E-state index < -0.39 is 0 Å². The van der Waals surface area contributed by atoms with E-state index in [1.54, 1.807) is 22.9 Å². The van der Waals surface area contributed by atoms with E-state index in [0.29, 0.717) is 53.6 Å². The van der Waals surface area contributed by atoms with Gasteiger partial charge in [-0.1, -0.05) is 29.3 Å². The van der Waals surface area contributed by atoms with Gasteiger partial charge in [0.1, 0.15) is 10.7 Å². The van der Waals surface area contributed by atoms with Crippen LogP contribution in [-0.4, -0.2) is 51.9 Å². The molecule has 4 heterocycles. The first-order valence-corrected chi connectivity index (χ1v) is 12.9. The number of thiazole rings is 1. The molecule has 170 valence electrons. The van der Waals surface area contributed by atoms with Gasteiger partial charge in [-0.3, -0.25) is 4.79 Å². The lowest BCUT2D eigenvalue weighted by Crippen LogP contribution is -2.49. The third-order valence-electron chi connectivity index (χ3n) is 5.54. The molecule has 1 aliphatic rings. The first-order chi connectivity index (χ1) is 16.0. The minimum atomic E-state index is 0.0473. The molecule has 5 rings (SSSR count). The van der Waals surface area contributed by atoms with Crippen LogP contribution >= 0.6 is 45.9 Å². The van der Waals surface area contributed by atoms with Crippen molar-refractivity contribution in [1.29, 1.82) is 0 Å². The summed E-state index contributed by atoms with van der Waals surface area (Å²) in [5.74, 6) is 1.48. The molecule has 0 radical (unpaired) electrons. The standard InChI is InChI=1S/C22H20Cl2N6OS2/c1-13-18(33-12-26-13)21(31)29-5-7-30(8-6-29)22-27-17-4-9-32-19(17)20(28-22)25-11-14-2-3-15(23)10-16(14)24/h2-4,9-10,12H,5-8,11H2,1H3,(H,25,27,28). The van der Waals surface area contributed by atoms with Crippen molar-refractivity contribution in [1.82, 2.24) is 19.9 Å². The van der Waals surface area contributed by atoms with Crippen LogP contribution in [0.5, 0.6) is 0 Å². The SMILES string of the molecule is Cc1ncsc1C(=O)N1CCN(c2nc(NCc3ccc(Cl)cc3Cl)c3sccc3n2)CC1. The van der Waals surface area contributed by atoms with Gasteiger partial charge in [-0.2, -0.15) is 4.98 Å². The number of aryl methyl sites for hydroxylation is 1. The van der Waals surface area contributed by atoms with Gasteiger partial charge < -0.3 is 15.1 Å². The second kappa shape index (κ2) is 9.42. The first-order valence-electron chi connectivity index (χ1n) is 10.4. The van der Waals surface area contributed by atoms with Gasteiger partial charge in [0.25, 0.3) is 5.91 Å². The molecule has 0 saturated carbocycles. The van der Waals surface area contributed by atoms with Crippen molar-refractivity contribution in [3.05, 3.63) is 61.3 Å². The lowest BCUT2D eigenvalue weighted by atomic mass is 10.2. The summed E-state index contributed by atoms with van der Waals surface area (Å²) in [4.78, 5) is 31.3. The molecule has 0 spiro atoms. The Morgan fingerprint density at radius 1 is 1.12 bits per heavy atom. The second-order valence-corrected chi connectivity index (χ2v) is 10.3. The van der Waals surface area contributed by atoms with Crippen molar-refractivity contribution in [3.8, 4) is 0 Å². The Balaban J connectivity index is 1.32. The Kier molecular flexibility index (Phi) is 6.38. The van der Waals surface area contributed by atoms with E-state index in [0.717, 1.165) is 27.3 Å². The fraction of sp³-hybridized carbons (Fsp3) is 0.273. The summed E-state index contributed by atoms with van der Waals surface area (Å²) in [5.41, 5.74) is 4.34. The number of aromatic nitrogens is 3. The summed E-state index contributed by atoms with van der Waals surface area (Å²) in [6.45, 7) is 4.96. The van der Waals surface area contributed by atoms with E-state index in [1.165, 1.54) is 11.3 Å². The molecule has 3 aromatic heterocycles. The number of thiophene rings is 1. The fourth-order valence-corrected chi connectivity index (χ4v) is 5.76. The van der Waals surface area contributed by atoms with Gasteiger partial charge in [-0.05, 0) is 36.1 Å². The van der Waals surface area contributed by atoms with Crippen LogP contribution in [0.15, 0.2) is 35.2 Å². The Hall–Kier alpha value is -2.46. The topological polar surface area (TPSA) is 74.2 Å². The summed E-state index contributed by atoms with van der Waals surface area (Å²) in [6, 6.07) is 7.47. The van der Waals surface area contributed by atoms with Gasteiger partial charge in [0, 0.05) is 42.8 Å². The quantitative estimate of drug-likeness (QED) is 0.384. The van der Waals surface area contributed by atoms with E-state index in [1.807, 2.05) is 35.4 Å². The number of hydrogen-bond acceptors (Lipinski definition) is 8. The maximum atomic E-state index is 12.8. The molecule has 11 heteroatoms.